The van der Waals surface area contributed by atoms with Crippen LogP contribution in [0.15, 0.2) is 83.7 Å². The number of aromatic amines is 1. The van der Waals surface area contributed by atoms with E-state index in [1.165, 1.54) is 11.8 Å². The molecule has 0 saturated heterocycles. The molecule has 0 atom stereocenters. The van der Waals surface area contributed by atoms with Crippen molar-refractivity contribution in [1.82, 2.24) is 25.1 Å². The summed E-state index contributed by atoms with van der Waals surface area (Å²) in [6, 6.07) is 25.7. The van der Waals surface area contributed by atoms with E-state index >= 15 is 0 Å². The number of imidazole rings is 1. The van der Waals surface area contributed by atoms with Crippen molar-refractivity contribution in [3.05, 3.63) is 95.5 Å². The second kappa shape index (κ2) is 10.0. The fourth-order valence-electron chi connectivity index (χ4n) is 3.72. The number of aliphatic hydroxyl groups excluding tert-OH is 1. The summed E-state index contributed by atoms with van der Waals surface area (Å²) in [6.45, 7) is 4.07. The Labute approximate surface area is 212 Å². The number of nitrogens with one attached hydrogen (secondary N) is 1. The Morgan fingerprint density at radius 2 is 1.50 bits per heavy atom. The molecule has 176 valence electrons. The number of nitrogens with zero attached hydrogens (tertiary/aromatic N) is 5. The van der Waals surface area contributed by atoms with Gasteiger partial charge in [-0.3, -0.25) is 0 Å². The van der Waals surface area contributed by atoms with Crippen LogP contribution in [0, 0.1) is 25.2 Å². The Morgan fingerprint density at radius 3 is 2.14 bits per heavy atom. The number of aliphatic hydroxyl groups is 1. The molecule has 2 aromatic heterocycles. The van der Waals surface area contributed by atoms with E-state index in [-0.39, 0.29) is 17.1 Å². The maximum atomic E-state index is 10.7. The summed E-state index contributed by atoms with van der Waals surface area (Å²) in [5.41, 5.74) is 7.15. The summed E-state index contributed by atoms with van der Waals surface area (Å²) >= 11 is 1.21. The zero-order valence-electron chi connectivity index (χ0n) is 19.7. The molecule has 5 rings (SSSR count). The molecule has 8 heteroatoms. The van der Waals surface area contributed by atoms with Gasteiger partial charge in [0.05, 0.1) is 16.8 Å². The molecule has 0 unspecified atom stereocenters. The van der Waals surface area contributed by atoms with Gasteiger partial charge in [0, 0.05) is 11.1 Å². The minimum absolute atomic E-state index is 0.0849. The van der Waals surface area contributed by atoms with Crippen molar-refractivity contribution in [3.8, 4) is 28.6 Å². The van der Waals surface area contributed by atoms with E-state index < -0.39 is 0 Å². The highest BCUT2D eigenvalue weighted by Gasteiger charge is 2.17. The van der Waals surface area contributed by atoms with Crippen LogP contribution in [0.3, 0.4) is 0 Å². The van der Waals surface area contributed by atoms with Crippen LogP contribution < -0.4 is 0 Å². The monoisotopic (exact) mass is 490 g/mol. The maximum Gasteiger partial charge on any atom is 0.210 e. The Kier molecular flexibility index (Phi) is 6.48. The van der Waals surface area contributed by atoms with Crippen molar-refractivity contribution in [2.75, 3.05) is 5.75 Å². The molecule has 0 radical (unpaired) electrons. The first-order valence-corrected chi connectivity index (χ1v) is 12.3. The van der Waals surface area contributed by atoms with Crippen molar-refractivity contribution in [3.63, 3.8) is 0 Å². The lowest BCUT2D eigenvalue weighted by molar-refractivity contribution is 0.420. The lowest BCUT2D eigenvalue weighted by Gasteiger charge is -2.10. The predicted molar refractivity (Wildman–Crippen MR) is 142 cm³/mol. The Hall–Kier alpha value is -4.48. The molecule has 0 saturated carbocycles. The van der Waals surface area contributed by atoms with Gasteiger partial charge in [0.2, 0.25) is 5.16 Å². The Bertz CT molecular complexity index is 1580. The number of hydrogen-bond donors (Lipinski definition) is 2. The highest BCUT2D eigenvalue weighted by atomic mass is 32.2. The zero-order chi connectivity index (χ0) is 25.1. The molecule has 0 amide bonds. The summed E-state index contributed by atoms with van der Waals surface area (Å²) in [5, 5.41) is 29.6. The number of aryl methyl sites for hydroxylation is 2. The van der Waals surface area contributed by atoms with Gasteiger partial charge < -0.3 is 10.1 Å². The fourth-order valence-corrected chi connectivity index (χ4v) is 4.39. The minimum Gasteiger partial charge on any atom is -0.510 e. The average molecular weight is 491 g/mol. The molecule has 36 heavy (non-hydrogen) atoms. The molecule has 7 nitrogen and oxygen atoms in total. The lowest BCUT2D eigenvalue weighted by atomic mass is 10.0. The molecule has 0 fully saturated rings. The maximum absolute atomic E-state index is 10.7. The van der Waals surface area contributed by atoms with Crippen molar-refractivity contribution in [2.45, 2.75) is 19.0 Å². The summed E-state index contributed by atoms with van der Waals surface area (Å²) in [6.07, 6.45) is 0. The number of nitriles is 1. The van der Waals surface area contributed by atoms with Crippen molar-refractivity contribution in [1.29, 1.82) is 5.26 Å². The van der Waals surface area contributed by atoms with Crippen molar-refractivity contribution >= 4 is 28.4 Å². The topological polar surface area (TPSA) is 111 Å². The molecule has 5 aromatic rings. The average Bonchev–Trinajstić information content (AvgIpc) is 3.32. The number of aromatic nitrogens is 5. The van der Waals surface area contributed by atoms with Crippen LogP contribution >= 0.6 is 11.8 Å². The molecule has 3 aromatic carbocycles. The number of benzene rings is 3. The van der Waals surface area contributed by atoms with Gasteiger partial charge >= 0.3 is 0 Å². The van der Waals surface area contributed by atoms with E-state index in [1.807, 2.05) is 86.6 Å². The molecule has 0 spiro atoms. The standard InChI is InChI=1S/C28H22N6OS/c1-17-7-11-19(12-8-17)25-26(20-13-9-18(2)10-14-20)33-34-28(32-25)36-16-24(35)21(15-29)27-30-22-5-3-4-6-23(22)31-27/h3-14,35H,16H2,1-2H3,(H,30,31)/b24-21-. The summed E-state index contributed by atoms with van der Waals surface area (Å²) < 4.78 is 0. The fraction of sp³-hybridized carbons (Fsp3) is 0.107. The quantitative estimate of drug-likeness (QED) is 0.164. The van der Waals surface area contributed by atoms with E-state index in [0.717, 1.165) is 33.3 Å². The van der Waals surface area contributed by atoms with Gasteiger partial charge in [0.15, 0.2) is 5.82 Å². The smallest absolute Gasteiger partial charge is 0.210 e. The summed E-state index contributed by atoms with van der Waals surface area (Å²) in [7, 11) is 0. The first kappa shape index (κ1) is 23.3. The van der Waals surface area contributed by atoms with Crippen LogP contribution in [0.1, 0.15) is 17.0 Å². The molecular weight excluding hydrogens is 468 g/mol. The van der Waals surface area contributed by atoms with Gasteiger partial charge in [-0.1, -0.05) is 83.6 Å². The molecule has 0 bridgehead atoms. The second-order valence-electron chi connectivity index (χ2n) is 8.35. The SMILES string of the molecule is Cc1ccc(-c2nnc(SC/C(O)=C(\C#N)c3nc4ccccc4[nH]3)nc2-c2ccc(C)cc2)cc1. The Balaban J connectivity index is 1.47. The van der Waals surface area contributed by atoms with Crippen molar-refractivity contribution in [2.24, 2.45) is 0 Å². The molecule has 2 heterocycles. The number of allylic oxidation sites excluding steroid dienone is 1. The zero-order valence-corrected chi connectivity index (χ0v) is 20.5. The first-order valence-electron chi connectivity index (χ1n) is 11.3. The number of rotatable bonds is 6. The Morgan fingerprint density at radius 1 is 0.861 bits per heavy atom. The largest absolute Gasteiger partial charge is 0.510 e. The number of H-pyrrole nitrogens is 1. The summed E-state index contributed by atoms with van der Waals surface area (Å²) in [4.78, 5) is 12.3. The van der Waals surface area contributed by atoms with Crippen LogP contribution in [0.2, 0.25) is 0 Å². The van der Waals surface area contributed by atoms with E-state index in [9.17, 15) is 10.4 Å². The number of fused-ring (bicyclic) bond motifs is 1. The number of hydrogen-bond acceptors (Lipinski definition) is 7. The van der Waals surface area contributed by atoms with Crippen molar-refractivity contribution < 1.29 is 5.11 Å². The third kappa shape index (κ3) is 4.83. The molecule has 0 aliphatic carbocycles. The predicted octanol–water partition coefficient (Wildman–Crippen LogP) is 6.28. The molecule has 2 N–H and O–H groups in total. The van der Waals surface area contributed by atoms with E-state index in [4.69, 9.17) is 4.98 Å². The molecule has 0 aliphatic rings. The number of thioether (sulfide) groups is 1. The van der Waals surface area contributed by atoms with Gasteiger partial charge in [-0.05, 0) is 26.0 Å². The highest BCUT2D eigenvalue weighted by Crippen LogP contribution is 2.31. The van der Waals surface area contributed by atoms with Gasteiger partial charge in [0.1, 0.15) is 28.8 Å². The van der Waals surface area contributed by atoms with Crippen LogP contribution in [-0.2, 0) is 0 Å². The molecular formula is C28H22N6OS. The third-order valence-electron chi connectivity index (χ3n) is 5.68. The lowest BCUT2D eigenvalue weighted by Crippen LogP contribution is -2.01. The third-order valence-corrected chi connectivity index (χ3v) is 6.53. The van der Waals surface area contributed by atoms with E-state index in [0.29, 0.717) is 22.4 Å². The normalized spacial score (nSPS) is 11.8. The van der Waals surface area contributed by atoms with E-state index in [1.54, 1.807) is 0 Å². The van der Waals surface area contributed by atoms with Crippen LogP contribution in [0.5, 0.6) is 0 Å². The van der Waals surface area contributed by atoms with Gasteiger partial charge in [-0.2, -0.15) is 5.26 Å². The number of para-hydroxylation sites is 2. The molecule has 0 aliphatic heterocycles. The minimum atomic E-state index is -0.107. The van der Waals surface area contributed by atoms with Crippen LogP contribution in [-0.4, -0.2) is 36.0 Å². The highest BCUT2D eigenvalue weighted by molar-refractivity contribution is 7.99. The second-order valence-corrected chi connectivity index (χ2v) is 9.29. The van der Waals surface area contributed by atoms with Crippen LogP contribution in [0.25, 0.3) is 39.1 Å². The van der Waals surface area contributed by atoms with Gasteiger partial charge in [0.25, 0.3) is 0 Å². The van der Waals surface area contributed by atoms with Gasteiger partial charge in [-0.25, -0.2) is 9.97 Å². The van der Waals surface area contributed by atoms with Crippen LogP contribution in [0.4, 0.5) is 0 Å². The van der Waals surface area contributed by atoms with Gasteiger partial charge in [-0.15, -0.1) is 10.2 Å². The first-order chi connectivity index (χ1) is 17.5. The van der Waals surface area contributed by atoms with E-state index in [2.05, 4.69) is 26.2 Å². The summed E-state index contributed by atoms with van der Waals surface area (Å²) in [5.74, 6) is 0.314.